The molecule has 8 nitrogen and oxygen atoms in total. The van der Waals surface area contributed by atoms with E-state index >= 15 is 0 Å². The normalized spacial score (nSPS) is 11.8. The number of aryl methyl sites for hydroxylation is 1. The van der Waals surface area contributed by atoms with Gasteiger partial charge in [0.15, 0.2) is 0 Å². The summed E-state index contributed by atoms with van der Waals surface area (Å²) < 4.78 is 29.5. The SMILES string of the molecule is Cn1c(=O)[nH]c(=O)c2cc(S(=O)(=O)NCCC(c3ccccc3)c3ccccc3)cnc21. The number of nitrogens with zero attached hydrogens (tertiary/aromatic N) is 2. The Kier molecular flexibility index (Phi) is 6.02. The summed E-state index contributed by atoms with van der Waals surface area (Å²) in [4.78, 5) is 29.9. The maximum Gasteiger partial charge on any atom is 0.329 e. The van der Waals surface area contributed by atoms with Gasteiger partial charge in [-0.05, 0) is 23.6 Å². The van der Waals surface area contributed by atoms with Crippen molar-refractivity contribution >= 4 is 21.1 Å². The lowest BCUT2D eigenvalue weighted by Gasteiger charge is -2.18. The number of rotatable bonds is 7. The number of aromatic nitrogens is 3. The second-order valence-electron chi connectivity index (χ2n) is 7.42. The largest absolute Gasteiger partial charge is 0.329 e. The van der Waals surface area contributed by atoms with Crippen LogP contribution < -0.4 is 16.0 Å². The molecule has 0 saturated carbocycles. The van der Waals surface area contributed by atoms with Gasteiger partial charge in [0, 0.05) is 25.7 Å². The van der Waals surface area contributed by atoms with Gasteiger partial charge in [-0.2, -0.15) is 0 Å². The molecule has 0 amide bonds. The van der Waals surface area contributed by atoms with E-state index in [-0.39, 0.29) is 28.4 Å². The number of H-pyrrole nitrogens is 1. The van der Waals surface area contributed by atoms with Crippen LogP contribution in [-0.2, 0) is 17.1 Å². The monoisotopic (exact) mass is 450 g/mol. The summed E-state index contributed by atoms with van der Waals surface area (Å²) in [6, 6.07) is 21.0. The first-order valence-electron chi connectivity index (χ1n) is 10.1. The van der Waals surface area contributed by atoms with Crippen LogP contribution in [0.4, 0.5) is 0 Å². The highest BCUT2D eigenvalue weighted by molar-refractivity contribution is 7.89. The fraction of sp³-hybridized carbons (Fsp3) is 0.174. The zero-order valence-corrected chi connectivity index (χ0v) is 18.2. The lowest BCUT2D eigenvalue weighted by atomic mass is 9.89. The number of hydrogen-bond acceptors (Lipinski definition) is 5. The Morgan fingerprint density at radius 2 is 1.59 bits per heavy atom. The Morgan fingerprint density at radius 3 is 2.19 bits per heavy atom. The number of aromatic amines is 1. The van der Waals surface area contributed by atoms with E-state index in [0.29, 0.717) is 6.42 Å². The average molecular weight is 451 g/mol. The lowest BCUT2D eigenvalue weighted by Crippen LogP contribution is -2.30. The molecule has 32 heavy (non-hydrogen) atoms. The standard InChI is InChI=1S/C23H22N4O4S/c1-27-21-20(22(28)26-23(27)29)14-18(15-24-21)32(30,31)25-13-12-19(16-8-4-2-5-9-16)17-10-6-3-7-11-17/h2-11,14-15,19,25H,12-13H2,1H3,(H,26,28,29). The molecule has 4 aromatic rings. The minimum absolute atomic E-state index is 0.0206. The number of nitrogens with one attached hydrogen (secondary N) is 2. The van der Waals surface area contributed by atoms with Crippen LogP contribution in [0.15, 0.2) is 87.4 Å². The van der Waals surface area contributed by atoms with Gasteiger partial charge in [0.1, 0.15) is 10.5 Å². The Bertz CT molecular complexity index is 1420. The Hall–Kier alpha value is -3.56. The molecule has 0 unspecified atom stereocenters. The molecule has 9 heteroatoms. The summed E-state index contributed by atoms with van der Waals surface area (Å²) in [6.45, 7) is 0.193. The van der Waals surface area contributed by atoms with Crippen LogP contribution in [0, 0.1) is 0 Å². The summed E-state index contributed by atoms with van der Waals surface area (Å²) in [5, 5.41) is 0.0291. The van der Waals surface area contributed by atoms with Gasteiger partial charge < -0.3 is 0 Å². The molecule has 0 radical (unpaired) electrons. The van der Waals surface area contributed by atoms with E-state index in [1.165, 1.54) is 13.1 Å². The molecule has 0 aliphatic rings. The summed E-state index contributed by atoms with van der Waals surface area (Å²) in [7, 11) is -2.45. The molecule has 0 atom stereocenters. The van der Waals surface area contributed by atoms with Crippen molar-refractivity contribution in [1.29, 1.82) is 0 Å². The van der Waals surface area contributed by atoms with Crippen molar-refractivity contribution in [2.24, 2.45) is 7.05 Å². The Balaban J connectivity index is 1.57. The third kappa shape index (κ3) is 4.39. The maximum atomic E-state index is 12.9. The highest BCUT2D eigenvalue weighted by Gasteiger charge is 2.19. The van der Waals surface area contributed by atoms with Crippen molar-refractivity contribution in [3.63, 3.8) is 0 Å². The van der Waals surface area contributed by atoms with E-state index in [9.17, 15) is 18.0 Å². The molecule has 164 valence electrons. The van der Waals surface area contributed by atoms with E-state index in [1.807, 2.05) is 60.7 Å². The molecule has 0 fully saturated rings. The molecule has 0 saturated heterocycles. The van der Waals surface area contributed by atoms with E-state index < -0.39 is 21.3 Å². The number of pyridine rings is 1. The fourth-order valence-electron chi connectivity index (χ4n) is 3.68. The van der Waals surface area contributed by atoms with Gasteiger partial charge in [0.05, 0.1) is 5.39 Å². The molecule has 2 heterocycles. The zero-order valence-electron chi connectivity index (χ0n) is 17.4. The summed E-state index contributed by atoms with van der Waals surface area (Å²) in [5.41, 5.74) is 1.01. The highest BCUT2D eigenvalue weighted by Crippen LogP contribution is 2.27. The predicted octanol–water partition coefficient (Wildman–Crippen LogP) is 2.12. The topological polar surface area (TPSA) is 114 Å². The smallest absolute Gasteiger partial charge is 0.281 e. The molecule has 0 spiro atoms. The van der Waals surface area contributed by atoms with Gasteiger partial charge in [-0.1, -0.05) is 60.7 Å². The molecule has 4 rings (SSSR count). The predicted molar refractivity (Wildman–Crippen MR) is 122 cm³/mol. The van der Waals surface area contributed by atoms with Gasteiger partial charge >= 0.3 is 5.69 Å². The number of benzene rings is 2. The van der Waals surface area contributed by atoms with E-state index in [4.69, 9.17) is 0 Å². The average Bonchev–Trinajstić information content (AvgIpc) is 2.81. The maximum absolute atomic E-state index is 12.9. The second-order valence-corrected chi connectivity index (χ2v) is 9.19. The molecule has 2 aromatic carbocycles. The van der Waals surface area contributed by atoms with Crippen molar-refractivity contribution in [1.82, 2.24) is 19.3 Å². The number of fused-ring (bicyclic) bond motifs is 1. The minimum Gasteiger partial charge on any atom is -0.281 e. The quantitative estimate of drug-likeness (QED) is 0.448. The van der Waals surface area contributed by atoms with Crippen molar-refractivity contribution in [3.8, 4) is 0 Å². The summed E-state index contributed by atoms with van der Waals surface area (Å²) in [6.07, 6.45) is 1.69. The molecular weight excluding hydrogens is 428 g/mol. The zero-order chi connectivity index (χ0) is 22.7. The fourth-order valence-corrected chi connectivity index (χ4v) is 4.70. The van der Waals surface area contributed by atoms with Crippen molar-refractivity contribution in [3.05, 3.63) is 105 Å². The summed E-state index contributed by atoms with van der Waals surface area (Å²) in [5.74, 6) is 0.0206. The van der Waals surface area contributed by atoms with E-state index in [2.05, 4.69) is 14.7 Å². The van der Waals surface area contributed by atoms with Crippen molar-refractivity contribution in [2.75, 3.05) is 6.54 Å². The third-order valence-electron chi connectivity index (χ3n) is 5.37. The van der Waals surface area contributed by atoms with Gasteiger partial charge in [0.25, 0.3) is 5.56 Å². The van der Waals surface area contributed by atoms with E-state index in [1.54, 1.807) is 0 Å². The molecule has 2 N–H and O–H groups in total. The molecule has 0 aliphatic heterocycles. The van der Waals surface area contributed by atoms with Crippen LogP contribution in [0.1, 0.15) is 23.5 Å². The van der Waals surface area contributed by atoms with Crippen LogP contribution in [0.25, 0.3) is 11.0 Å². The molecule has 0 aliphatic carbocycles. The Labute approximate surface area is 184 Å². The van der Waals surface area contributed by atoms with Crippen LogP contribution >= 0.6 is 0 Å². The van der Waals surface area contributed by atoms with Gasteiger partial charge in [-0.15, -0.1) is 0 Å². The van der Waals surface area contributed by atoms with Gasteiger partial charge in [0.2, 0.25) is 10.0 Å². The van der Waals surface area contributed by atoms with Gasteiger partial charge in [-0.3, -0.25) is 14.3 Å². The molecular formula is C23H22N4O4S. The summed E-state index contributed by atoms with van der Waals surface area (Å²) >= 11 is 0. The Morgan fingerprint density at radius 1 is 1.00 bits per heavy atom. The minimum atomic E-state index is -3.90. The first-order valence-corrected chi connectivity index (χ1v) is 11.5. The molecule has 0 bridgehead atoms. The van der Waals surface area contributed by atoms with Crippen LogP contribution in [0.5, 0.6) is 0 Å². The van der Waals surface area contributed by atoms with Gasteiger partial charge in [-0.25, -0.2) is 22.9 Å². The van der Waals surface area contributed by atoms with Crippen LogP contribution in [0.3, 0.4) is 0 Å². The first kappa shape index (κ1) is 21.7. The first-order chi connectivity index (χ1) is 15.4. The van der Waals surface area contributed by atoms with Crippen molar-refractivity contribution < 1.29 is 8.42 Å². The van der Waals surface area contributed by atoms with E-state index in [0.717, 1.165) is 21.9 Å². The van der Waals surface area contributed by atoms with Crippen LogP contribution in [0.2, 0.25) is 0 Å². The second kappa shape index (κ2) is 8.89. The third-order valence-corrected chi connectivity index (χ3v) is 6.80. The number of hydrogen-bond donors (Lipinski definition) is 2. The van der Waals surface area contributed by atoms with Crippen molar-refractivity contribution in [2.45, 2.75) is 17.2 Å². The lowest BCUT2D eigenvalue weighted by molar-refractivity contribution is 0.575. The molecule has 2 aromatic heterocycles. The number of sulfonamides is 1. The van der Waals surface area contributed by atoms with Crippen LogP contribution in [-0.4, -0.2) is 29.5 Å². The highest BCUT2D eigenvalue weighted by atomic mass is 32.2.